The Labute approximate surface area is 129 Å². The maximum atomic E-state index is 14.1. The lowest BCUT2D eigenvalue weighted by molar-refractivity contribution is 0.204. The van der Waals surface area contributed by atoms with Crippen molar-refractivity contribution in [2.75, 3.05) is 20.1 Å². The molecule has 3 heteroatoms. The van der Waals surface area contributed by atoms with Crippen LogP contribution in [0.3, 0.4) is 0 Å². The van der Waals surface area contributed by atoms with Crippen LogP contribution in [0.2, 0.25) is 0 Å². The van der Waals surface area contributed by atoms with Gasteiger partial charge in [-0.25, -0.2) is 4.39 Å². The van der Waals surface area contributed by atoms with Crippen molar-refractivity contribution in [3.63, 3.8) is 0 Å². The lowest BCUT2D eigenvalue weighted by atomic mass is 10.0. The van der Waals surface area contributed by atoms with Crippen LogP contribution in [0, 0.1) is 11.7 Å². The largest absolute Gasteiger partial charge is 0.309 e. The molecule has 1 aromatic rings. The highest BCUT2D eigenvalue weighted by Crippen LogP contribution is 2.20. The summed E-state index contributed by atoms with van der Waals surface area (Å²) in [4.78, 5) is 2.33. The first-order valence-corrected chi connectivity index (χ1v) is 8.13. The summed E-state index contributed by atoms with van der Waals surface area (Å²) in [6.45, 7) is 10.6. The standard InChI is InChI=1S/C18H31FN2/c1-6-11-20-18(16-9-7-8-10-17(16)19)13-21(5)15(4)12-14(2)3/h7-10,14-15,18,20H,6,11-13H2,1-5H3. The second-order valence-corrected chi connectivity index (χ2v) is 6.45. The van der Waals surface area contributed by atoms with Crippen LogP contribution < -0.4 is 5.32 Å². The third kappa shape index (κ3) is 6.15. The molecule has 2 atom stereocenters. The first-order chi connectivity index (χ1) is 9.95. The Morgan fingerprint density at radius 1 is 1.19 bits per heavy atom. The van der Waals surface area contributed by atoms with Crippen molar-refractivity contribution in [1.29, 1.82) is 0 Å². The Bertz CT molecular complexity index is 406. The molecule has 0 bridgehead atoms. The third-order valence-corrected chi connectivity index (χ3v) is 3.96. The van der Waals surface area contributed by atoms with E-state index in [-0.39, 0.29) is 11.9 Å². The maximum Gasteiger partial charge on any atom is 0.128 e. The number of rotatable bonds is 9. The summed E-state index contributed by atoms with van der Waals surface area (Å²) in [7, 11) is 2.13. The van der Waals surface area contributed by atoms with Gasteiger partial charge in [-0.2, -0.15) is 0 Å². The van der Waals surface area contributed by atoms with Gasteiger partial charge in [0.05, 0.1) is 0 Å². The fourth-order valence-corrected chi connectivity index (χ4v) is 2.68. The van der Waals surface area contributed by atoms with Crippen LogP contribution in [0.4, 0.5) is 4.39 Å². The van der Waals surface area contributed by atoms with E-state index in [9.17, 15) is 4.39 Å². The number of nitrogens with zero attached hydrogens (tertiary/aromatic N) is 1. The SMILES string of the molecule is CCCNC(CN(C)C(C)CC(C)C)c1ccccc1F. The lowest BCUT2D eigenvalue weighted by Gasteiger charge is -2.31. The summed E-state index contributed by atoms with van der Waals surface area (Å²) in [5.74, 6) is 0.564. The Kier molecular flexibility index (Phi) is 7.91. The summed E-state index contributed by atoms with van der Waals surface area (Å²) in [5, 5.41) is 3.48. The van der Waals surface area contributed by atoms with Crippen LogP contribution in [0.5, 0.6) is 0 Å². The summed E-state index contributed by atoms with van der Waals surface area (Å²) in [5.41, 5.74) is 0.773. The normalized spacial score (nSPS) is 14.7. The molecule has 0 saturated carbocycles. The molecule has 1 N–H and O–H groups in total. The molecule has 0 aliphatic heterocycles. The molecule has 0 amide bonds. The summed E-state index contributed by atoms with van der Waals surface area (Å²) in [6, 6.07) is 7.66. The smallest absolute Gasteiger partial charge is 0.128 e. The minimum Gasteiger partial charge on any atom is -0.309 e. The minimum atomic E-state index is -0.115. The van der Waals surface area contributed by atoms with Crippen LogP contribution in [0.1, 0.15) is 52.1 Å². The fourth-order valence-electron chi connectivity index (χ4n) is 2.68. The van der Waals surface area contributed by atoms with Gasteiger partial charge in [0.15, 0.2) is 0 Å². The Morgan fingerprint density at radius 2 is 1.86 bits per heavy atom. The van der Waals surface area contributed by atoms with Crippen LogP contribution in [-0.4, -0.2) is 31.1 Å². The van der Waals surface area contributed by atoms with Crippen molar-refractivity contribution in [2.24, 2.45) is 5.92 Å². The van der Waals surface area contributed by atoms with Crippen molar-refractivity contribution in [2.45, 2.75) is 52.6 Å². The Balaban J connectivity index is 2.76. The van der Waals surface area contributed by atoms with E-state index in [1.54, 1.807) is 12.1 Å². The van der Waals surface area contributed by atoms with Crippen molar-refractivity contribution >= 4 is 0 Å². The number of likely N-dealkylation sites (N-methyl/N-ethyl adjacent to an activating group) is 1. The van der Waals surface area contributed by atoms with Crippen molar-refractivity contribution in [1.82, 2.24) is 10.2 Å². The highest BCUT2D eigenvalue weighted by molar-refractivity contribution is 5.21. The highest BCUT2D eigenvalue weighted by atomic mass is 19.1. The molecule has 0 aliphatic carbocycles. The molecule has 120 valence electrons. The molecule has 0 fully saturated rings. The number of hydrogen-bond acceptors (Lipinski definition) is 2. The predicted molar refractivity (Wildman–Crippen MR) is 89.0 cm³/mol. The quantitative estimate of drug-likeness (QED) is 0.733. The van der Waals surface area contributed by atoms with Gasteiger partial charge in [0.1, 0.15) is 5.82 Å². The van der Waals surface area contributed by atoms with Gasteiger partial charge in [0, 0.05) is 24.2 Å². The molecule has 2 nitrogen and oxygen atoms in total. The van der Waals surface area contributed by atoms with E-state index < -0.39 is 0 Å². The van der Waals surface area contributed by atoms with E-state index in [1.807, 2.05) is 12.1 Å². The number of halogens is 1. The van der Waals surface area contributed by atoms with Gasteiger partial charge in [-0.05, 0) is 45.3 Å². The molecule has 0 aliphatic rings. The van der Waals surface area contributed by atoms with Gasteiger partial charge in [-0.1, -0.05) is 39.0 Å². The van der Waals surface area contributed by atoms with Crippen molar-refractivity contribution < 1.29 is 4.39 Å². The summed E-state index contributed by atoms with van der Waals surface area (Å²) >= 11 is 0. The average Bonchev–Trinajstić information content (AvgIpc) is 2.43. The van der Waals surface area contributed by atoms with E-state index in [0.29, 0.717) is 12.0 Å². The van der Waals surface area contributed by atoms with Gasteiger partial charge in [-0.15, -0.1) is 0 Å². The lowest BCUT2D eigenvalue weighted by Crippen LogP contribution is -2.39. The molecule has 2 unspecified atom stereocenters. The predicted octanol–water partition coefficient (Wildman–Crippen LogP) is 4.23. The zero-order valence-corrected chi connectivity index (χ0v) is 14.2. The van der Waals surface area contributed by atoms with Crippen LogP contribution in [-0.2, 0) is 0 Å². The van der Waals surface area contributed by atoms with Gasteiger partial charge in [0.2, 0.25) is 0 Å². The van der Waals surface area contributed by atoms with Gasteiger partial charge in [-0.3, -0.25) is 0 Å². The van der Waals surface area contributed by atoms with E-state index in [1.165, 1.54) is 0 Å². The highest BCUT2D eigenvalue weighted by Gasteiger charge is 2.19. The molecular weight excluding hydrogens is 263 g/mol. The second kappa shape index (κ2) is 9.16. The third-order valence-electron chi connectivity index (χ3n) is 3.96. The molecule has 0 radical (unpaired) electrons. The van der Waals surface area contributed by atoms with Crippen molar-refractivity contribution in [3.8, 4) is 0 Å². The first-order valence-electron chi connectivity index (χ1n) is 8.13. The summed E-state index contributed by atoms with van der Waals surface area (Å²) in [6.07, 6.45) is 2.21. The molecule has 0 spiro atoms. The van der Waals surface area contributed by atoms with E-state index in [0.717, 1.165) is 31.5 Å². The molecule has 0 heterocycles. The zero-order valence-electron chi connectivity index (χ0n) is 14.2. The number of benzene rings is 1. The Morgan fingerprint density at radius 3 is 2.43 bits per heavy atom. The van der Waals surface area contributed by atoms with Crippen LogP contribution >= 0.6 is 0 Å². The molecule has 0 saturated heterocycles. The molecule has 21 heavy (non-hydrogen) atoms. The van der Waals surface area contributed by atoms with Gasteiger partial charge < -0.3 is 10.2 Å². The van der Waals surface area contributed by atoms with Crippen LogP contribution in [0.15, 0.2) is 24.3 Å². The molecule has 1 aromatic carbocycles. The van der Waals surface area contributed by atoms with Crippen LogP contribution in [0.25, 0.3) is 0 Å². The Hall–Kier alpha value is -0.930. The topological polar surface area (TPSA) is 15.3 Å². The molecule has 0 aromatic heterocycles. The fraction of sp³-hybridized carbons (Fsp3) is 0.667. The second-order valence-electron chi connectivity index (χ2n) is 6.45. The van der Waals surface area contributed by atoms with Crippen molar-refractivity contribution in [3.05, 3.63) is 35.6 Å². The number of nitrogens with one attached hydrogen (secondary N) is 1. The minimum absolute atomic E-state index is 0.0470. The maximum absolute atomic E-state index is 14.1. The number of hydrogen-bond donors (Lipinski definition) is 1. The molecular formula is C18H31FN2. The van der Waals surface area contributed by atoms with E-state index in [2.05, 4.69) is 45.0 Å². The zero-order chi connectivity index (χ0) is 15.8. The summed E-state index contributed by atoms with van der Waals surface area (Å²) < 4.78 is 14.1. The first kappa shape index (κ1) is 18.1. The average molecular weight is 294 g/mol. The van der Waals surface area contributed by atoms with E-state index >= 15 is 0 Å². The van der Waals surface area contributed by atoms with Gasteiger partial charge >= 0.3 is 0 Å². The van der Waals surface area contributed by atoms with E-state index in [4.69, 9.17) is 0 Å². The molecule has 1 rings (SSSR count). The monoisotopic (exact) mass is 294 g/mol. The van der Waals surface area contributed by atoms with Gasteiger partial charge in [0.25, 0.3) is 0 Å².